The number of carbonyl (C=O) groups excluding carboxylic acids is 3. The Morgan fingerprint density at radius 3 is 1.72 bits per heavy atom. The van der Waals surface area contributed by atoms with Crippen molar-refractivity contribution in [1.82, 2.24) is 16.0 Å². The van der Waals surface area contributed by atoms with Crippen LogP contribution in [-0.2, 0) is 19.2 Å². The van der Waals surface area contributed by atoms with Crippen LogP contribution in [0.15, 0.2) is 0 Å². The van der Waals surface area contributed by atoms with Gasteiger partial charge in [0, 0.05) is 0 Å². The van der Waals surface area contributed by atoms with Gasteiger partial charge in [-0.25, -0.2) is 4.79 Å². The maximum absolute atomic E-state index is 12.9. The number of rotatable bonds is 15. The molecule has 12 heteroatoms. The molecule has 0 aliphatic rings. The molecule has 0 heterocycles. The molecule has 3 amide bonds. The van der Waals surface area contributed by atoms with E-state index in [1.807, 2.05) is 6.92 Å². The molecule has 0 saturated heterocycles. The van der Waals surface area contributed by atoms with E-state index in [1.54, 1.807) is 6.92 Å². The van der Waals surface area contributed by atoms with E-state index in [0.29, 0.717) is 32.2 Å². The Labute approximate surface area is 188 Å². The fourth-order valence-electron chi connectivity index (χ4n) is 2.88. The molecule has 0 aliphatic heterocycles. The zero-order valence-electron chi connectivity index (χ0n) is 19.2. The average Bonchev–Trinajstić information content (AvgIpc) is 2.72. The lowest BCUT2D eigenvalue weighted by Gasteiger charge is -2.29. The zero-order chi connectivity index (χ0) is 25.0. The van der Waals surface area contributed by atoms with Crippen LogP contribution in [0.3, 0.4) is 0 Å². The molecule has 0 aromatic rings. The normalized spacial score (nSPS) is 17.8. The van der Waals surface area contributed by atoms with Crippen molar-refractivity contribution in [3.63, 3.8) is 0 Å². The molecular formula is C20H39N5O7. The van der Waals surface area contributed by atoms with Crippen LogP contribution in [0.2, 0.25) is 0 Å². The number of aliphatic hydroxyl groups is 2. The molecule has 0 aromatic carbocycles. The summed E-state index contributed by atoms with van der Waals surface area (Å²) in [4.78, 5) is 49.1. The standard InChI is InChI=1S/C20H39N5O7/c1-5-10(2)14(23-17(28)13(22)8-6-7-9-21)18(29)24-15(11(3)26)19(30)25-16(12(4)27)20(31)32/h10-16,26-27H,5-9,21-22H2,1-4H3,(H,23,28)(H,24,29)(H,25,30)(H,31,32). The molecule has 0 aromatic heterocycles. The van der Waals surface area contributed by atoms with Crippen LogP contribution in [0.1, 0.15) is 53.4 Å². The predicted octanol–water partition coefficient (Wildman–Crippen LogP) is -2.21. The number of amides is 3. The first-order chi connectivity index (χ1) is 14.9. The quantitative estimate of drug-likeness (QED) is 0.124. The van der Waals surface area contributed by atoms with Crippen LogP contribution < -0.4 is 27.4 Å². The molecular weight excluding hydrogens is 422 g/mol. The lowest BCUT2D eigenvalue weighted by Crippen LogP contribution is -2.61. The number of nitrogens with two attached hydrogens (primary N) is 2. The van der Waals surface area contributed by atoms with Gasteiger partial charge in [-0.15, -0.1) is 0 Å². The Balaban J connectivity index is 5.38. The van der Waals surface area contributed by atoms with E-state index in [2.05, 4.69) is 16.0 Å². The smallest absolute Gasteiger partial charge is 0.328 e. The molecule has 186 valence electrons. The third-order valence-corrected chi connectivity index (χ3v) is 5.21. The van der Waals surface area contributed by atoms with Gasteiger partial charge in [-0.2, -0.15) is 0 Å². The first-order valence-corrected chi connectivity index (χ1v) is 10.8. The van der Waals surface area contributed by atoms with Crippen molar-refractivity contribution in [3.05, 3.63) is 0 Å². The number of aliphatic carboxylic acids is 1. The number of hydrogen-bond donors (Lipinski definition) is 8. The van der Waals surface area contributed by atoms with Gasteiger partial charge in [0.25, 0.3) is 0 Å². The van der Waals surface area contributed by atoms with Gasteiger partial charge in [0.1, 0.15) is 12.1 Å². The summed E-state index contributed by atoms with van der Waals surface area (Å²) in [6, 6.07) is -5.00. The van der Waals surface area contributed by atoms with E-state index < -0.39 is 60.1 Å². The second-order valence-corrected chi connectivity index (χ2v) is 8.05. The summed E-state index contributed by atoms with van der Waals surface area (Å²) in [5.41, 5.74) is 11.3. The van der Waals surface area contributed by atoms with Gasteiger partial charge in [-0.05, 0) is 39.2 Å². The second-order valence-electron chi connectivity index (χ2n) is 8.05. The molecule has 7 atom stereocenters. The predicted molar refractivity (Wildman–Crippen MR) is 117 cm³/mol. The SMILES string of the molecule is CCC(C)C(NC(=O)C(N)CCCCN)C(=O)NC(C(=O)NC(C(=O)O)C(C)O)C(C)O. The Kier molecular flexibility index (Phi) is 13.7. The van der Waals surface area contributed by atoms with Crippen molar-refractivity contribution >= 4 is 23.7 Å². The topological polar surface area (TPSA) is 217 Å². The number of carbonyl (C=O) groups is 4. The number of aliphatic hydroxyl groups excluding tert-OH is 2. The van der Waals surface area contributed by atoms with Gasteiger partial charge < -0.3 is 42.7 Å². The number of nitrogens with one attached hydrogen (secondary N) is 3. The highest BCUT2D eigenvalue weighted by molar-refractivity contribution is 5.94. The molecule has 0 aliphatic carbocycles. The monoisotopic (exact) mass is 461 g/mol. The van der Waals surface area contributed by atoms with E-state index >= 15 is 0 Å². The van der Waals surface area contributed by atoms with Crippen LogP contribution >= 0.6 is 0 Å². The number of hydrogen-bond acceptors (Lipinski definition) is 8. The molecule has 0 saturated carbocycles. The van der Waals surface area contributed by atoms with E-state index in [0.717, 1.165) is 0 Å². The minimum atomic E-state index is -1.63. The minimum absolute atomic E-state index is 0.322. The Bertz CT molecular complexity index is 629. The van der Waals surface area contributed by atoms with Crippen LogP contribution in [-0.4, -0.2) is 81.9 Å². The third kappa shape index (κ3) is 9.90. The Morgan fingerprint density at radius 1 is 0.812 bits per heavy atom. The summed E-state index contributed by atoms with van der Waals surface area (Å²) in [5, 5.41) is 35.7. The Morgan fingerprint density at radius 2 is 1.28 bits per heavy atom. The van der Waals surface area contributed by atoms with Gasteiger partial charge >= 0.3 is 5.97 Å². The molecule has 7 unspecified atom stereocenters. The van der Waals surface area contributed by atoms with Crippen LogP contribution in [0, 0.1) is 5.92 Å². The molecule has 0 radical (unpaired) electrons. The molecule has 10 N–H and O–H groups in total. The highest BCUT2D eigenvalue weighted by atomic mass is 16.4. The highest BCUT2D eigenvalue weighted by Crippen LogP contribution is 2.10. The fourth-order valence-corrected chi connectivity index (χ4v) is 2.88. The molecule has 32 heavy (non-hydrogen) atoms. The largest absolute Gasteiger partial charge is 0.480 e. The van der Waals surface area contributed by atoms with Crippen molar-refractivity contribution in [3.8, 4) is 0 Å². The summed E-state index contributed by atoms with van der Waals surface area (Å²) in [6.07, 6.45) is -0.500. The van der Waals surface area contributed by atoms with Gasteiger partial charge in [-0.1, -0.05) is 26.7 Å². The first-order valence-electron chi connectivity index (χ1n) is 10.8. The van der Waals surface area contributed by atoms with E-state index in [9.17, 15) is 29.4 Å². The van der Waals surface area contributed by atoms with Crippen molar-refractivity contribution < 1.29 is 34.5 Å². The molecule has 0 fully saturated rings. The van der Waals surface area contributed by atoms with Crippen LogP contribution in [0.4, 0.5) is 0 Å². The second kappa shape index (κ2) is 14.7. The molecule has 0 rings (SSSR count). The van der Waals surface area contributed by atoms with Crippen molar-refractivity contribution in [2.24, 2.45) is 17.4 Å². The van der Waals surface area contributed by atoms with E-state index in [4.69, 9.17) is 16.6 Å². The summed E-state index contributed by atoms with van der Waals surface area (Å²) in [5.74, 6) is -4.05. The molecule has 12 nitrogen and oxygen atoms in total. The molecule has 0 spiro atoms. The van der Waals surface area contributed by atoms with Crippen LogP contribution in [0.25, 0.3) is 0 Å². The summed E-state index contributed by atoms with van der Waals surface area (Å²) < 4.78 is 0. The lowest BCUT2D eigenvalue weighted by molar-refractivity contribution is -0.146. The average molecular weight is 462 g/mol. The van der Waals surface area contributed by atoms with Gasteiger partial charge in [0.2, 0.25) is 17.7 Å². The van der Waals surface area contributed by atoms with Gasteiger partial charge in [0.15, 0.2) is 6.04 Å². The lowest BCUT2D eigenvalue weighted by atomic mass is 9.96. The maximum Gasteiger partial charge on any atom is 0.328 e. The van der Waals surface area contributed by atoms with Gasteiger partial charge in [-0.3, -0.25) is 14.4 Å². The number of carboxylic acids is 1. The van der Waals surface area contributed by atoms with Crippen molar-refractivity contribution in [2.75, 3.05) is 6.54 Å². The van der Waals surface area contributed by atoms with E-state index in [1.165, 1.54) is 13.8 Å². The van der Waals surface area contributed by atoms with Crippen molar-refractivity contribution in [1.29, 1.82) is 0 Å². The summed E-state index contributed by atoms with van der Waals surface area (Å²) in [7, 11) is 0. The highest BCUT2D eigenvalue weighted by Gasteiger charge is 2.35. The third-order valence-electron chi connectivity index (χ3n) is 5.21. The number of carboxylic acid groups (broad SMARTS) is 1. The summed E-state index contributed by atoms with van der Waals surface area (Å²) >= 11 is 0. The minimum Gasteiger partial charge on any atom is -0.480 e. The van der Waals surface area contributed by atoms with E-state index in [-0.39, 0.29) is 5.92 Å². The molecule has 0 bridgehead atoms. The maximum atomic E-state index is 12.9. The number of unbranched alkanes of at least 4 members (excludes halogenated alkanes) is 1. The van der Waals surface area contributed by atoms with Gasteiger partial charge in [0.05, 0.1) is 18.2 Å². The van der Waals surface area contributed by atoms with Crippen LogP contribution in [0.5, 0.6) is 0 Å². The zero-order valence-corrected chi connectivity index (χ0v) is 19.2. The Hall–Kier alpha value is -2.28. The first kappa shape index (κ1) is 29.7. The summed E-state index contributed by atoms with van der Waals surface area (Å²) in [6.45, 7) is 6.45. The van der Waals surface area contributed by atoms with Crippen molar-refractivity contribution in [2.45, 2.75) is 89.8 Å². The fraction of sp³-hybridized carbons (Fsp3) is 0.800.